The number of hydrogen-bond acceptors (Lipinski definition) is 5. The number of fused-ring (bicyclic) bond motifs is 1. The molecule has 26 heavy (non-hydrogen) atoms. The summed E-state index contributed by atoms with van der Waals surface area (Å²) in [7, 11) is 0. The summed E-state index contributed by atoms with van der Waals surface area (Å²) >= 11 is 3.32. The maximum Gasteiger partial charge on any atom is 0.242 e. The molecule has 136 valence electrons. The number of anilines is 1. The zero-order chi connectivity index (χ0) is 17.9. The number of carbonyl (C=O) groups is 2. The van der Waals surface area contributed by atoms with Crippen molar-refractivity contribution in [1.29, 1.82) is 0 Å². The van der Waals surface area contributed by atoms with E-state index in [9.17, 15) is 9.59 Å². The quantitative estimate of drug-likeness (QED) is 0.809. The summed E-state index contributed by atoms with van der Waals surface area (Å²) in [5.41, 5.74) is 0.860. The monoisotopic (exact) mass is 387 g/mol. The van der Waals surface area contributed by atoms with Crippen LogP contribution >= 0.6 is 23.1 Å². The number of rotatable bonds is 4. The zero-order valence-electron chi connectivity index (χ0n) is 14.5. The number of thiophene rings is 1. The largest absolute Gasteiger partial charge is 0.339 e. The van der Waals surface area contributed by atoms with Gasteiger partial charge in [-0.1, -0.05) is 18.2 Å². The molecule has 3 heterocycles. The normalized spacial score (nSPS) is 18.1. The van der Waals surface area contributed by atoms with Crippen LogP contribution in [0, 0.1) is 0 Å². The van der Waals surface area contributed by atoms with E-state index in [-0.39, 0.29) is 18.4 Å². The van der Waals surface area contributed by atoms with Crippen LogP contribution in [-0.4, -0.2) is 60.1 Å². The maximum atomic E-state index is 12.8. The topological polar surface area (TPSA) is 43.9 Å². The Hall–Kier alpha value is -1.83. The van der Waals surface area contributed by atoms with Gasteiger partial charge in [0.05, 0.1) is 11.4 Å². The standard InChI is InChI=1S/C19H21N3O2S2/c23-18(13-22-16-5-1-2-6-17(16)26-14-19(22)24)21-9-7-20(8-10-21)12-15-4-3-11-25-15/h1-6,11H,7-10,12-14H2. The van der Waals surface area contributed by atoms with E-state index in [4.69, 9.17) is 0 Å². The van der Waals surface area contributed by atoms with Crippen molar-refractivity contribution in [2.24, 2.45) is 0 Å². The van der Waals surface area contributed by atoms with Crippen molar-refractivity contribution in [1.82, 2.24) is 9.80 Å². The molecular weight excluding hydrogens is 366 g/mol. The molecule has 2 aliphatic heterocycles. The highest BCUT2D eigenvalue weighted by molar-refractivity contribution is 8.00. The summed E-state index contributed by atoms with van der Waals surface area (Å²) in [5.74, 6) is 0.452. The third-order valence-electron chi connectivity index (χ3n) is 4.79. The Bertz CT molecular complexity index is 786. The average molecular weight is 388 g/mol. The molecule has 0 radical (unpaired) electrons. The molecule has 0 bridgehead atoms. The summed E-state index contributed by atoms with van der Waals surface area (Å²) < 4.78 is 0. The number of thioether (sulfide) groups is 1. The van der Waals surface area contributed by atoms with E-state index >= 15 is 0 Å². The molecule has 0 N–H and O–H groups in total. The van der Waals surface area contributed by atoms with Gasteiger partial charge in [-0.05, 0) is 23.6 Å². The molecule has 1 fully saturated rings. The molecule has 1 aromatic carbocycles. The second-order valence-corrected chi connectivity index (χ2v) is 8.52. The minimum atomic E-state index is 0.0124. The molecule has 5 nitrogen and oxygen atoms in total. The summed E-state index contributed by atoms with van der Waals surface area (Å²) in [4.78, 5) is 33.4. The van der Waals surface area contributed by atoms with E-state index in [2.05, 4.69) is 22.4 Å². The van der Waals surface area contributed by atoms with E-state index in [1.807, 2.05) is 29.2 Å². The van der Waals surface area contributed by atoms with Crippen LogP contribution in [-0.2, 0) is 16.1 Å². The van der Waals surface area contributed by atoms with Crippen molar-refractivity contribution < 1.29 is 9.59 Å². The van der Waals surface area contributed by atoms with Crippen molar-refractivity contribution in [2.75, 3.05) is 43.4 Å². The Morgan fingerprint density at radius 2 is 1.85 bits per heavy atom. The van der Waals surface area contributed by atoms with Gasteiger partial charge in [-0.2, -0.15) is 0 Å². The van der Waals surface area contributed by atoms with E-state index in [1.165, 1.54) is 4.88 Å². The first-order valence-electron chi connectivity index (χ1n) is 8.75. The van der Waals surface area contributed by atoms with E-state index < -0.39 is 0 Å². The highest BCUT2D eigenvalue weighted by atomic mass is 32.2. The van der Waals surface area contributed by atoms with Gasteiger partial charge < -0.3 is 9.80 Å². The lowest BCUT2D eigenvalue weighted by atomic mass is 10.2. The first-order valence-corrected chi connectivity index (χ1v) is 10.6. The summed E-state index contributed by atoms with van der Waals surface area (Å²) in [5, 5.41) is 2.10. The smallest absolute Gasteiger partial charge is 0.242 e. The predicted octanol–water partition coefficient (Wildman–Crippen LogP) is 2.53. The van der Waals surface area contributed by atoms with Crippen LogP contribution in [0.25, 0.3) is 0 Å². The fraction of sp³-hybridized carbons (Fsp3) is 0.368. The van der Waals surface area contributed by atoms with Gasteiger partial charge in [-0.25, -0.2) is 0 Å². The Morgan fingerprint density at radius 3 is 2.62 bits per heavy atom. The van der Waals surface area contributed by atoms with Gasteiger partial charge in [0, 0.05) is 42.5 Å². The number of piperazine rings is 1. The molecule has 1 saturated heterocycles. The second kappa shape index (κ2) is 7.82. The molecule has 4 rings (SSSR count). The van der Waals surface area contributed by atoms with E-state index in [0.717, 1.165) is 43.3 Å². The Morgan fingerprint density at radius 1 is 1.04 bits per heavy atom. The van der Waals surface area contributed by atoms with Gasteiger partial charge >= 0.3 is 0 Å². The van der Waals surface area contributed by atoms with Gasteiger partial charge in [0.15, 0.2) is 0 Å². The number of benzene rings is 1. The van der Waals surface area contributed by atoms with Gasteiger partial charge in [0.2, 0.25) is 11.8 Å². The summed E-state index contributed by atoms with van der Waals surface area (Å²) in [6.07, 6.45) is 0. The number of amides is 2. The van der Waals surface area contributed by atoms with Crippen molar-refractivity contribution in [2.45, 2.75) is 11.4 Å². The number of nitrogens with zero attached hydrogens (tertiary/aromatic N) is 3. The van der Waals surface area contributed by atoms with Crippen molar-refractivity contribution in [3.05, 3.63) is 46.7 Å². The van der Waals surface area contributed by atoms with Crippen molar-refractivity contribution >= 4 is 40.6 Å². The lowest BCUT2D eigenvalue weighted by Crippen LogP contribution is -2.52. The summed E-state index contributed by atoms with van der Waals surface area (Å²) in [6, 6.07) is 12.0. The van der Waals surface area contributed by atoms with Gasteiger partial charge in [0.1, 0.15) is 6.54 Å². The van der Waals surface area contributed by atoms with Crippen LogP contribution in [0.3, 0.4) is 0 Å². The Labute approximate surface area is 161 Å². The highest BCUT2D eigenvalue weighted by Crippen LogP contribution is 2.34. The number of hydrogen-bond donors (Lipinski definition) is 0. The highest BCUT2D eigenvalue weighted by Gasteiger charge is 2.29. The zero-order valence-corrected chi connectivity index (χ0v) is 16.1. The van der Waals surface area contributed by atoms with Crippen molar-refractivity contribution in [3.63, 3.8) is 0 Å². The van der Waals surface area contributed by atoms with Crippen LogP contribution in [0.4, 0.5) is 5.69 Å². The Balaban J connectivity index is 1.35. The van der Waals surface area contributed by atoms with E-state index in [0.29, 0.717) is 5.75 Å². The van der Waals surface area contributed by atoms with Gasteiger partial charge in [-0.15, -0.1) is 23.1 Å². The first kappa shape index (κ1) is 17.6. The van der Waals surface area contributed by atoms with Crippen molar-refractivity contribution in [3.8, 4) is 0 Å². The molecule has 0 spiro atoms. The molecule has 2 aliphatic rings. The Kier molecular flexibility index (Phi) is 5.28. The van der Waals surface area contributed by atoms with Crippen LogP contribution in [0.5, 0.6) is 0 Å². The fourth-order valence-corrected chi connectivity index (χ4v) is 5.02. The van der Waals surface area contributed by atoms with Gasteiger partial charge in [-0.3, -0.25) is 14.5 Å². The molecule has 2 aromatic rings. The second-order valence-electron chi connectivity index (χ2n) is 6.47. The molecule has 0 unspecified atom stereocenters. The number of carbonyl (C=O) groups excluding carboxylic acids is 2. The number of para-hydroxylation sites is 1. The van der Waals surface area contributed by atoms with Crippen LogP contribution in [0.15, 0.2) is 46.7 Å². The minimum Gasteiger partial charge on any atom is -0.339 e. The average Bonchev–Trinajstić information content (AvgIpc) is 3.17. The van der Waals surface area contributed by atoms with Gasteiger partial charge in [0.25, 0.3) is 0 Å². The minimum absolute atomic E-state index is 0.0124. The fourth-order valence-electron chi connectivity index (χ4n) is 3.34. The van der Waals surface area contributed by atoms with Crippen LogP contribution in [0.2, 0.25) is 0 Å². The maximum absolute atomic E-state index is 12.8. The third kappa shape index (κ3) is 3.79. The molecule has 2 amide bonds. The lowest BCUT2D eigenvalue weighted by molar-refractivity contribution is -0.132. The molecule has 7 heteroatoms. The molecule has 0 atom stereocenters. The van der Waals surface area contributed by atoms with Crippen LogP contribution in [0.1, 0.15) is 4.88 Å². The van der Waals surface area contributed by atoms with E-state index in [1.54, 1.807) is 28.0 Å². The predicted molar refractivity (Wildman–Crippen MR) is 106 cm³/mol. The molecule has 0 saturated carbocycles. The molecular formula is C19H21N3O2S2. The van der Waals surface area contributed by atoms with Crippen LogP contribution < -0.4 is 4.90 Å². The summed E-state index contributed by atoms with van der Waals surface area (Å²) in [6.45, 7) is 4.30. The first-order chi connectivity index (χ1) is 12.7. The lowest BCUT2D eigenvalue weighted by Gasteiger charge is -2.36. The SMILES string of the molecule is O=C(CN1C(=O)CSc2ccccc21)N1CCN(Cc2cccs2)CC1. The molecule has 0 aliphatic carbocycles. The third-order valence-corrected chi connectivity index (χ3v) is 6.69. The molecule has 1 aromatic heterocycles.